The van der Waals surface area contributed by atoms with Gasteiger partial charge in [-0.1, -0.05) is 11.6 Å². The fourth-order valence-corrected chi connectivity index (χ4v) is 2.36. The summed E-state index contributed by atoms with van der Waals surface area (Å²) in [7, 11) is 0. The molecular formula is C15H9ClF2N2. The Hall–Kier alpha value is -2.07. The molecule has 0 aliphatic carbocycles. The second-order valence-corrected chi connectivity index (χ2v) is 4.81. The van der Waals surface area contributed by atoms with Crippen molar-refractivity contribution >= 4 is 22.6 Å². The quantitative estimate of drug-likeness (QED) is 0.658. The molecule has 5 heteroatoms. The first-order valence-electron chi connectivity index (χ1n) is 5.93. The van der Waals surface area contributed by atoms with Gasteiger partial charge in [-0.2, -0.15) is 0 Å². The van der Waals surface area contributed by atoms with Gasteiger partial charge in [0.15, 0.2) is 5.65 Å². The van der Waals surface area contributed by atoms with E-state index >= 15 is 0 Å². The van der Waals surface area contributed by atoms with Crippen molar-refractivity contribution in [1.82, 2.24) is 9.97 Å². The number of hydrogen-bond acceptors (Lipinski definition) is 2. The zero-order valence-corrected chi connectivity index (χ0v) is 11.2. The molecule has 0 aliphatic heterocycles. The molecule has 3 rings (SSSR count). The lowest BCUT2D eigenvalue weighted by Gasteiger charge is -2.10. The maximum atomic E-state index is 13.3. The molecule has 1 aromatic carbocycles. The van der Waals surface area contributed by atoms with E-state index < -0.39 is 11.6 Å². The normalized spacial score (nSPS) is 11.0. The Balaban J connectivity index is 2.33. The fourth-order valence-electron chi connectivity index (χ4n) is 2.12. The topological polar surface area (TPSA) is 25.8 Å². The Morgan fingerprint density at radius 2 is 1.80 bits per heavy atom. The number of halogens is 3. The zero-order chi connectivity index (χ0) is 14.3. The van der Waals surface area contributed by atoms with E-state index in [-0.39, 0.29) is 0 Å². The lowest BCUT2D eigenvalue weighted by Crippen LogP contribution is -1.95. The third kappa shape index (κ3) is 2.12. The first-order valence-corrected chi connectivity index (χ1v) is 6.31. The minimum absolute atomic E-state index is 0.342. The van der Waals surface area contributed by atoms with Crippen molar-refractivity contribution in [2.24, 2.45) is 0 Å². The molecule has 20 heavy (non-hydrogen) atoms. The molecule has 0 atom stereocenters. The van der Waals surface area contributed by atoms with Gasteiger partial charge in [0, 0.05) is 23.2 Å². The zero-order valence-electron chi connectivity index (χ0n) is 10.5. The van der Waals surface area contributed by atoms with Crippen LogP contribution >= 0.6 is 11.6 Å². The van der Waals surface area contributed by atoms with Gasteiger partial charge in [0.1, 0.15) is 11.6 Å². The molecule has 0 bridgehead atoms. The van der Waals surface area contributed by atoms with Gasteiger partial charge >= 0.3 is 0 Å². The van der Waals surface area contributed by atoms with Crippen molar-refractivity contribution in [2.75, 3.05) is 0 Å². The molecule has 0 aliphatic rings. The van der Waals surface area contributed by atoms with Crippen LogP contribution in [0.15, 0.2) is 36.5 Å². The van der Waals surface area contributed by atoms with E-state index in [4.69, 9.17) is 11.6 Å². The predicted molar refractivity (Wildman–Crippen MR) is 74.6 cm³/mol. The largest absolute Gasteiger partial charge is 0.237 e. The number of rotatable bonds is 1. The average molecular weight is 291 g/mol. The number of hydrogen-bond donors (Lipinski definition) is 0. The van der Waals surface area contributed by atoms with Crippen LogP contribution in [0.5, 0.6) is 0 Å². The van der Waals surface area contributed by atoms with Crippen molar-refractivity contribution < 1.29 is 8.78 Å². The molecule has 0 fully saturated rings. The molecule has 2 nitrogen and oxygen atoms in total. The number of pyridine rings is 2. The van der Waals surface area contributed by atoms with Crippen molar-refractivity contribution in [3.63, 3.8) is 0 Å². The molecule has 0 unspecified atom stereocenters. The molecular weight excluding hydrogens is 282 g/mol. The standard InChI is InChI=1S/C15H9ClF2N2/c1-8-13(16)12-3-2-4-19-15(12)20-14(8)9-5-10(17)7-11(18)6-9/h2-7H,1H3. The summed E-state index contributed by atoms with van der Waals surface area (Å²) in [5, 5.41) is 1.20. The van der Waals surface area contributed by atoms with Crippen LogP contribution in [0.3, 0.4) is 0 Å². The van der Waals surface area contributed by atoms with Gasteiger partial charge in [0.2, 0.25) is 0 Å². The lowest BCUT2D eigenvalue weighted by molar-refractivity contribution is 0.584. The summed E-state index contributed by atoms with van der Waals surface area (Å²) in [4.78, 5) is 8.49. The Kier molecular flexibility index (Phi) is 3.10. The van der Waals surface area contributed by atoms with Crippen LogP contribution in [0.2, 0.25) is 5.02 Å². The van der Waals surface area contributed by atoms with Gasteiger partial charge in [-0.3, -0.25) is 0 Å². The number of nitrogens with zero attached hydrogens (tertiary/aromatic N) is 2. The van der Waals surface area contributed by atoms with Crippen molar-refractivity contribution in [3.8, 4) is 11.3 Å². The van der Waals surface area contributed by atoms with E-state index in [2.05, 4.69) is 9.97 Å². The Bertz CT molecular complexity index is 798. The highest BCUT2D eigenvalue weighted by atomic mass is 35.5. The van der Waals surface area contributed by atoms with E-state index in [9.17, 15) is 8.78 Å². The van der Waals surface area contributed by atoms with Gasteiger partial charge in [0.05, 0.1) is 10.7 Å². The van der Waals surface area contributed by atoms with Crippen LogP contribution in [-0.2, 0) is 0 Å². The third-order valence-corrected chi connectivity index (χ3v) is 3.55. The van der Waals surface area contributed by atoms with Crippen LogP contribution in [0.25, 0.3) is 22.3 Å². The molecule has 0 amide bonds. The van der Waals surface area contributed by atoms with Gasteiger partial charge in [-0.05, 0) is 36.8 Å². The SMILES string of the molecule is Cc1c(-c2cc(F)cc(F)c2)nc2ncccc2c1Cl. The highest BCUT2D eigenvalue weighted by Gasteiger charge is 2.13. The first kappa shape index (κ1) is 12.9. The summed E-state index contributed by atoms with van der Waals surface area (Å²) in [6.07, 6.45) is 1.59. The Morgan fingerprint density at radius 3 is 2.50 bits per heavy atom. The second-order valence-electron chi connectivity index (χ2n) is 4.43. The lowest BCUT2D eigenvalue weighted by atomic mass is 10.0. The van der Waals surface area contributed by atoms with Crippen molar-refractivity contribution in [1.29, 1.82) is 0 Å². The first-order chi connectivity index (χ1) is 9.56. The summed E-state index contributed by atoms with van der Waals surface area (Å²) < 4.78 is 26.7. The third-order valence-electron chi connectivity index (χ3n) is 3.06. The van der Waals surface area contributed by atoms with E-state index in [1.165, 1.54) is 12.1 Å². The fraction of sp³-hybridized carbons (Fsp3) is 0.0667. The summed E-state index contributed by atoms with van der Waals surface area (Å²) in [5.74, 6) is -1.31. The Morgan fingerprint density at radius 1 is 1.10 bits per heavy atom. The van der Waals surface area contributed by atoms with Gasteiger partial charge in [-0.25, -0.2) is 18.7 Å². The summed E-state index contributed by atoms with van der Waals surface area (Å²) >= 11 is 6.29. The number of aromatic nitrogens is 2. The van der Waals surface area contributed by atoms with Crippen LogP contribution in [0.1, 0.15) is 5.56 Å². The molecule has 2 heterocycles. The monoisotopic (exact) mass is 290 g/mol. The van der Waals surface area contributed by atoms with Crippen LogP contribution < -0.4 is 0 Å². The maximum absolute atomic E-state index is 13.3. The van der Waals surface area contributed by atoms with Gasteiger partial charge < -0.3 is 0 Å². The highest BCUT2D eigenvalue weighted by Crippen LogP contribution is 2.32. The summed E-state index contributed by atoms with van der Waals surface area (Å²) in [6.45, 7) is 1.76. The van der Waals surface area contributed by atoms with E-state index in [0.29, 0.717) is 32.9 Å². The van der Waals surface area contributed by atoms with E-state index in [1.54, 1.807) is 25.3 Å². The minimum atomic E-state index is -0.654. The molecule has 3 aromatic rings. The molecule has 0 radical (unpaired) electrons. The molecule has 0 N–H and O–H groups in total. The summed E-state index contributed by atoms with van der Waals surface area (Å²) in [6, 6.07) is 6.84. The maximum Gasteiger partial charge on any atom is 0.161 e. The van der Waals surface area contributed by atoms with Crippen molar-refractivity contribution in [2.45, 2.75) is 6.92 Å². The number of benzene rings is 1. The van der Waals surface area contributed by atoms with Crippen LogP contribution in [-0.4, -0.2) is 9.97 Å². The second kappa shape index (κ2) is 4.80. The summed E-state index contributed by atoms with van der Waals surface area (Å²) in [5.41, 5.74) is 1.88. The van der Waals surface area contributed by atoms with Gasteiger partial charge in [0.25, 0.3) is 0 Å². The molecule has 0 saturated carbocycles. The molecule has 0 spiro atoms. The minimum Gasteiger partial charge on any atom is -0.237 e. The molecule has 100 valence electrons. The average Bonchev–Trinajstić information content (AvgIpc) is 2.42. The van der Waals surface area contributed by atoms with E-state index in [1.807, 2.05) is 0 Å². The predicted octanol–water partition coefficient (Wildman–Crippen LogP) is 4.54. The molecule has 0 saturated heterocycles. The van der Waals surface area contributed by atoms with Gasteiger partial charge in [-0.15, -0.1) is 0 Å². The van der Waals surface area contributed by atoms with Crippen molar-refractivity contribution in [3.05, 3.63) is 58.7 Å². The number of fused-ring (bicyclic) bond motifs is 1. The van der Waals surface area contributed by atoms with E-state index in [0.717, 1.165) is 6.07 Å². The molecule has 2 aromatic heterocycles. The van der Waals surface area contributed by atoms with Crippen LogP contribution in [0.4, 0.5) is 8.78 Å². The Labute approximate surface area is 119 Å². The van der Waals surface area contributed by atoms with Crippen LogP contribution in [0, 0.1) is 18.6 Å². The smallest absolute Gasteiger partial charge is 0.161 e. The highest BCUT2D eigenvalue weighted by molar-refractivity contribution is 6.36.